The van der Waals surface area contributed by atoms with Crippen LogP contribution in [0, 0.1) is 0 Å². The predicted molar refractivity (Wildman–Crippen MR) is 53.8 cm³/mol. The molecule has 0 aliphatic carbocycles. The Hall–Kier alpha value is -1.71. The van der Waals surface area contributed by atoms with E-state index in [1.807, 2.05) is 25.1 Å². The predicted octanol–water partition coefficient (Wildman–Crippen LogP) is 1.97. The number of nitrogens with one attached hydrogen (secondary N) is 1. The smallest absolute Gasteiger partial charge is 0.294 e. The van der Waals surface area contributed by atoms with Crippen LogP contribution in [0.5, 0.6) is 11.8 Å². The van der Waals surface area contributed by atoms with Crippen molar-refractivity contribution in [2.75, 3.05) is 13.7 Å². The lowest BCUT2D eigenvalue weighted by Crippen LogP contribution is -1.92. The quantitative estimate of drug-likeness (QED) is 0.808. The average Bonchev–Trinajstić information content (AvgIpc) is 2.59. The van der Waals surface area contributed by atoms with Crippen LogP contribution in [0.2, 0.25) is 0 Å². The number of ether oxygens (including phenoxy) is 2. The van der Waals surface area contributed by atoms with Gasteiger partial charge in [0.25, 0.3) is 6.01 Å². The summed E-state index contributed by atoms with van der Waals surface area (Å²) in [4.78, 5) is 7.30. The van der Waals surface area contributed by atoms with Crippen molar-refractivity contribution in [1.82, 2.24) is 9.97 Å². The molecule has 4 heteroatoms. The van der Waals surface area contributed by atoms with Crippen molar-refractivity contribution in [3.8, 4) is 11.8 Å². The first-order valence-corrected chi connectivity index (χ1v) is 4.50. The highest BCUT2D eigenvalue weighted by molar-refractivity contribution is 5.77. The first-order valence-electron chi connectivity index (χ1n) is 4.50. The number of nitrogens with zero attached hydrogens (tertiary/aromatic N) is 1. The third-order valence-corrected chi connectivity index (χ3v) is 1.95. The van der Waals surface area contributed by atoms with Gasteiger partial charge in [0.15, 0.2) is 0 Å². The van der Waals surface area contributed by atoms with E-state index in [9.17, 15) is 0 Å². The number of methoxy groups -OCH3 is 1. The molecule has 0 aliphatic rings. The molecule has 0 amide bonds. The number of hydrogen-bond acceptors (Lipinski definition) is 3. The van der Waals surface area contributed by atoms with Crippen LogP contribution in [0.25, 0.3) is 11.0 Å². The Balaban J connectivity index is 2.43. The fourth-order valence-corrected chi connectivity index (χ4v) is 1.30. The molecule has 0 saturated carbocycles. The van der Waals surface area contributed by atoms with Crippen LogP contribution in [0.4, 0.5) is 0 Å². The van der Waals surface area contributed by atoms with Gasteiger partial charge in [0.05, 0.1) is 24.8 Å². The van der Waals surface area contributed by atoms with Crippen molar-refractivity contribution in [2.24, 2.45) is 0 Å². The van der Waals surface area contributed by atoms with Crippen molar-refractivity contribution in [1.29, 1.82) is 0 Å². The maximum Gasteiger partial charge on any atom is 0.294 e. The Morgan fingerprint density at radius 1 is 1.43 bits per heavy atom. The van der Waals surface area contributed by atoms with E-state index in [4.69, 9.17) is 9.47 Å². The number of imidazole rings is 1. The second kappa shape index (κ2) is 3.57. The summed E-state index contributed by atoms with van der Waals surface area (Å²) in [5, 5.41) is 0. The first kappa shape index (κ1) is 8.87. The van der Waals surface area contributed by atoms with Gasteiger partial charge in [-0.25, -0.2) is 0 Å². The summed E-state index contributed by atoms with van der Waals surface area (Å²) in [6, 6.07) is 6.22. The molecule has 1 N–H and O–H groups in total. The molecule has 0 saturated heterocycles. The van der Waals surface area contributed by atoms with Gasteiger partial charge in [0.1, 0.15) is 5.75 Å². The van der Waals surface area contributed by atoms with Crippen molar-refractivity contribution in [3.05, 3.63) is 18.2 Å². The molecule has 0 atom stereocenters. The molecule has 0 spiro atoms. The lowest BCUT2D eigenvalue weighted by atomic mass is 10.3. The molecule has 0 bridgehead atoms. The van der Waals surface area contributed by atoms with Crippen LogP contribution < -0.4 is 9.47 Å². The van der Waals surface area contributed by atoms with E-state index < -0.39 is 0 Å². The Bertz CT molecular complexity index is 437. The van der Waals surface area contributed by atoms with Crippen molar-refractivity contribution in [2.45, 2.75) is 6.92 Å². The molecule has 74 valence electrons. The number of fused-ring (bicyclic) bond motifs is 1. The van der Waals surface area contributed by atoms with Crippen LogP contribution in [0.15, 0.2) is 18.2 Å². The Labute approximate surface area is 81.9 Å². The maximum atomic E-state index is 5.26. The maximum absolute atomic E-state index is 5.26. The number of H-pyrrole nitrogens is 1. The molecule has 0 aliphatic heterocycles. The third-order valence-electron chi connectivity index (χ3n) is 1.95. The third kappa shape index (κ3) is 1.51. The molecule has 2 aromatic rings. The fraction of sp³-hybridized carbons (Fsp3) is 0.300. The average molecular weight is 192 g/mol. The minimum Gasteiger partial charge on any atom is -0.497 e. The SMILES string of the molecule is CCOc1nc2ccc(OC)cc2[nH]1. The highest BCUT2D eigenvalue weighted by Crippen LogP contribution is 2.20. The number of aromatic amines is 1. The summed E-state index contributed by atoms with van der Waals surface area (Å²) in [6.07, 6.45) is 0. The monoisotopic (exact) mass is 192 g/mol. The van der Waals surface area contributed by atoms with Gasteiger partial charge in [0, 0.05) is 6.07 Å². The van der Waals surface area contributed by atoms with Crippen molar-refractivity contribution in [3.63, 3.8) is 0 Å². The highest BCUT2D eigenvalue weighted by Gasteiger charge is 2.03. The van der Waals surface area contributed by atoms with Gasteiger partial charge in [-0.05, 0) is 19.1 Å². The van der Waals surface area contributed by atoms with E-state index in [0.29, 0.717) is 12.6 Å². The minimum absolute atomic E-state index is 0.552. The van der Waals surface area contributed by atoms with Gasteiger partial charge >= 0.3 is 0 Å². The molecule has 14 heavy (non-hydrogen) atoms. The number of rotatable bonds is 3. The largest absolute Gasteiger partial charge is 0.497 e. The van der Waals surface area contributed by atoms with Crippen LogP contribution in [0.1, 0.15) is 6.92 Å². The molecule has 2 rings (SSSR count). The van der Waals surface area contributed by atoms with E-state index in [1.165, 1.54) is 0 Å². The first-order chi connectivity index (χ1) is 6.83. The summed E-state index contributed by atoms with van der Waals surface area (Å²) >= 11 is 0. The Kier molecular flexibility index (Phi) is 2.26. The zero-order chi connectivity index (χ0) is 9.97. The van der Waals surface area contributed by atoms with Crippen LogP contribution in [0.3, 0.4) is 0 Å². The molecule has 4 nitrogen and oxygen atoms in total. The van der Waals surface area contributed by atoms with Gasteiger partial charge in [0.2, 0.25) is 0 Å². The van der Waals surface area contributed by atoms with Crippen LogP contribution in [-0.4, -0.2) is 23.7 Å². The second-order valence-electron chi connectivity index (χ2n) is 2.86. The lowest BCUT2D eigenvalue weighted by Gasteiger charge is -1.96. The van der Waals surface area contributed by atoms with Gasteiger partial charge < -0.3 is 14.5 Å². The molecule has 0 fully saturated rings. The molecule has 0 radical (unpaired) electrons. The minimum atomic E-state index is 0.552. The molecule has 1 aromatic heterocycles. The number of benzene rings is 1. The van der Waals surface area contributed by atoms with E-state index in [2.05, 4.69) is 9.97 Å². The highest BCUT2D eigenvalue weighted by atomic mass is 16.5. The number of hydrogen-bond donors (Lipinski definition) is 1. The van der Waals surface area contributed by atoms with Crippen molar-refractivity contribution < 1.29 is 9.47 Å². The molecular weight excluding hydrogens is 180 g/mol. The summed E-state index contributed by atoms with van der Waals surface area (Å²) in [5.41, 5.74) is 1.81. The van der Waals surface area contributed by atoms with Gasteiger partial charge in [-0.2, -0.15) is 4.98 Å². The van der Waals surface area contributed by atoms with E-state index in [0.717, 1.165) is 16.8 Å². The van der Waals surface area contributed by atoms with Gasteiger partial charge in [-0.1, -0.05) is 0 Å². The van der Waals surface area contributed by atoms with Gasteiger partial charge in [-0.15, -0.1) is 0 Å². The number of aromatic nitrogens is 2. The fourth-order valence-electron chi connectivity index (χ4n) is 1.30. The van der Waals surface area contributed by atoms with Gasteiger partial charge in [-0.3, -0.25) is 0 Å². The Morgan fingerprint density at radius 2 is 2.29 bits per heavy atom. The lowest BCUT2D eigenvalue weighted by molar-refractivity contribution is 0.317. The van der Waals surface area contributed by atoms with E-state index in [-0.39, 0.29) is 0 Å². The summed E-state index contributed by atoms with van der Waals surface area (Å²) in [7, 11) is 1.64. The molecular formula is C10H12N2O2. The standard InChI is InChI=1S/C10H12N2O2/c1-3-14-10-11-8-5-4-7(13-2)6-9(8)12-10/h4-6H,3H2,1-2H3,(H,11,12). The van der Waals surface area contributed by atoms with E-state index in [1.54, 1.807) is 7.11 Å². The van der Waals surface area contributed by atoms with Crippen LogP contribution >= 0.6 is 0 Å². The zero-order valence-corrected chi connectivity index (χ0v) is 8.20. The summed E-state index contributed by atoms with van der Waals surface area (Å²) < 4.78 is 10.4. The second-order valence-corrected chi connectivity index (χ2v) is 2.86. The van der Waals surface area contributed by atoms with Crippen molar-refractivity contribution >= 4 is 11.0 Å². The molecule has 1 aromatic carbocycles. The van der Waals surface area contributed by atoms with Crippen LogP contribution in [-0.2, 0) is 0 Å². The summed E-state index contributed by atoms with van der Waals surface area (Å²) in [6.45, 7) is 2.53. The topological polar surface area (TPSA) is 47.1 Å². The molecule has 1 heterocycles. The van der Waals surface area contributed by atoms with E-state index >= 15 is 0 Å². The Morgan fingerprint density at radius 3 is 3.00 bits per heavy atom. The molecule has 0 unspecified atom stereocenters. The normalized spacial score (nSPS) is 10.4. The zero-order valence-electron chi connectivity index (χ0n) is 8.20. The summed E-state index contributed by atoms with van der Waals surface area (Å²) in [5.74, 6) is 0.809.